The Morgan fingerprint density at radius 1 is 0.420 bits per heavy atom. The summed E-state index contributed by atoms with van der Waals surface area (Å²) in [5, 5.41) is 8.46. The van der Waals surface area contributed by atoms with E-state index in [9.17, 15) is 0 Å². The quantitative estimate of drug-likeness (QED) is 0.204. The molecule has 5 heteroatoms. The molecule has 5 nitrogen and oxygen atoms in total. The van der Waals surface area contributed by atoms with Crippen molar-refractivity contribution in [3.05, 3.63) is 187 Å². The summed E-state index contributed by atoms with van der Waals surface area (Å²) >= 11 is 0. The molecular formula is C45H31N5. The number of amidine groups is 1. The Morgan fingerprint density at radius 2 is 0.980 bits per heavy atom. The number of aromatic nitrogens is 2. The fourth-order valence-corrected chi connectivity index (χ4v) is 7.47. The van der Waals surface area contributed by atoms with Gasteiger partial charge in [-0.25, -0.2) is 4.99 Å². The fraction of sp³-hybridized carbons (Fsp3) is 0.0222. The molecule has 7 aromatic carbocycles. The Balaban J connectivity index is 1.25. The topological polar surface area (TPSA) is 46.6 Å². The molecule has 0 fully saturated rings. The first-order valence-electron chi connectivity index (χ1n) is 17.0. The molecular weight excluding hydrogens is 611 g/mol. The van der Waals surface area contributed by atoms with Crippen molar-refractivity contribution >= 4 is 55.4 Å². The highest BCUT2D eigenvalue weighted by atomic mass is 15.3. The summed E-state index contributed by atoms with van der Waals surface area (Å²) in [6, 6.07) is 62.0. The number of nitrogens with zero attached hydrogens (tertiary/aromatic N) is 4. The maximum atomic E-state index is 5.38. The average molecular weight is 642 g/mol. The molecule has 0 spiro atoms. The lowest BCUT2D eigenvalue weighted by molar-refractivity contribution is 0.669. The van der Waals surface area contributed by atoms with Crippen molar-refractivity contribution in [2.24, 2.45) is 9.98 Å². The monoisotopic (exact) mass is 641 g/mol. The van der Waals surface area contributed by atoms with Crippen LogP contribution in [0.25, 0.3) is 60.4 Å². The number of hydrogen-bond acceptors (Lipinski definition) is 3. The lowest BCUT2D eigenvalue weighted by Gasteiger charge is -2.24. The van der Waals surface area contributed by atoms with Crippen LogP contribution in [0.15, 0.2) is 186 Å². The van der Waals surface area contributed by atoms with Crippen molar-refractivity contribution in [3.8, 4) is 16.8 Å². The molecule has 0 saturated carbocycles. The van der Waals surface area contributed by atoms with Crippen LogP contribution in [0.5, 0.6) is 0 Å². The van der Waals surface area contributed by atoms with E-state index in [1.807, 2.05) is 12.1 Å². The van der Waals surface area contributed by atoms with Gasteiger partial charge in [0.2, 0.25) is 5.96 Å². The van der Waals surface area contributed by atoms with Crippen molar-refractivity contribution in [3.63, 3.8) is 0 Å². The van der Waals surface area contributed by atoms with Crippen LogP contribution in [-0.4, -0.2) is 20.9 Å². The molecule has 236 valence electrons. The number of para-hydroxylation sites is 3. The van der Waals surface area contributed by atoms with E-state index in [1.165, 1.54) is 32.6 Å². The van der Waals surface area contributed by atoms with Gasteiger partial charge in [0.25, 0.3) is 0 Å². The zero-order chi connectivity index (χ0) is 33.0. The smallest absolute Gasteiger partial charge is 0.234 e. The highest BCUT2D eigenvalue weighted by Crippen LogP contribution is 2.39. The lowest BCUT2D eigenvalue weighted by atomic mass is 10.0. The number of fused-ring (bicyclic) bond motifs is 6. The summed E-state index contributed by atoms with van der Waals surface area (Å²) in [5.41, 5.74) is 9.98. The van der Waals surface area contributed by atoms with Crippen LogP contribution in [0.4, 0.5) is 0 Å². The maximum absolute atomic E-state index is 5.38. The van der Waals surface area contributed by atoms with Gasteiger partial charge in [-0.15, -0.1) is 0 Å². The standard InChI is InChI=1S/C45H31N5/c1-4-15-30(16-5-1)32-19-14-20-33(27-32)44-46-43(31-17-6-2-7-18-31)47-45(48-44)50-40-26-13-11-24-36(40)38-28-37-35-23-10-12-25-39(35)49(41(37)29-42(38)50)34-21-8-3-9-22-34/h1-29,44H,(H,46,47,48). The van der Waals surface area contributed by atoms with Crippen molar-refractivity contribution in [1.82, 2.24) is 14.5 Å². The Morgan fingerprint density at radius 3 is 1.68 bits per heavy atom. The molecule has 0 amide bonds. The Bertz CT molecular complexity index is 2770. The van der Waals surface area contributed by atoms with Crippen molar-refractivity contribution in [2.75, 3.05) is 0 Å². The van der Waals surface area contributed by atoms with E-state index in [0.29, 0.717) is 5.96 Å². The van der Waals surface area contributed by atoms with E-state index in [2.05, 4.69) is 178 Å². The highest BCUT2D eigenvalue weighted by Gasteiger charge is 2.25. The first-order valence-corrected chi connectivity index (χ1v) is 17.0. The summed E-state index contributed by atoms with van der Waals surface area (Å²) in [6.07, 6.45) is -0.350. The van der Waals surface area contributed by atoms with Gasteiger partial charge in [-0.3, -0.25) is 4.57 Å². The summed E-state index contributed by atoms with van der Waals surface area (Å²) in [7, 11) is 0. The minimum absolute atomic E-state index is 0.350. The molecule has 0 saturated heterocycles. The van der Waals surface area contributed by atoms with Gasteiger partial charge in [-0.2, -0.15) is 4.99 Å². The van der Waals surface area contributed by atoms with Crippen molar-refractivity contribution in [1.29, 1.82) is 0 Å². The second-order valence-electron chi connectivity index (χ2n) is 12.7. The number of rotatable bonds is 4. The van der Waals surface area contributed by atoms with E-state index >= 15 is 0 Å². The summed E-state index contributed by atoms with van der Waals surface area (Å²) in [5.74, 6) is 1.43. The molecule has 1 unspecified atom stereocenters. The molecule has 0 radical (unpaired) electrons. The van der Waals surface area contributed by atoms with Gasteiger partial charge in [0.1, 0.15) is 12.0 Å². The van der Waals surface area contributed by atoms with Crippen LogP contribution in [0.3, 0.4) is 0 Å². The molecule has 9 aromatic rings. The third kappa shape index (κ3) is 4.55. The van der Waals surface area contributed by atoms with Gasteiger partial charge in [0, 0.05) is 32.8 Å². The number of aliphatic imine (C=N–C) groups is 2. The van der Waals surface area contributed by atoms with E-state index in [1.54, 1.807) is 0 Å². The number of hydrogen-bond donors (Lipinski definition) is 1. The second-order valence-corrected chi connectivity index (χ2v) is 12.7. The minimum atomic E-state index is -0.350. The first kappa shape index (κ1) is 28.3. The molecule has 1 aliphatic rings. The third-order valence-corrected chi connectivity index (χ3v) is 9.77. The lowest BCUT2D eigenvalue weighted by Crippen LogP contribution is -2.35. The number of nitrogens with one attached hydrogen (secondary N) is 1. The molecule has 3 heterocycles. The molecule has 10 rings (SSSR count). The Hall–Kier alpha value is -6.72. The van der Waals surface area contributed by atoms with Gasteiger partial charge in [0.05, 0.1) is 22.1 Å². The average Bonchev–Trinajstić information content (AvgIpc) is 3.70. The minimum Gasteiger partial charge on any atom is -0.344 e. The Kier molecular flexibility index (Phi) is 6.49. The van der Waals surface area contributed by atoms with Crippen LogP contribution in [-0.2, 0) is 0 Å². The van der Waals surface area contributed by atoms with Gasteiger partial charge >= 0.3 is 0 Å². The van der Waals surface area contributed by atoms with Crippen LogP contribution < -0.4 is 5.32 Å². The van der Waals surface area contributed by atoms with E-state index in [-0.39, 0.29) is 6.17 Å². The highest BCUT2D eigenvalue weighted by molar-refractivity contribution is 6.22. The van der Waals surface area contributed by atoms with Crippen molar-refractivity contribution < 1.29 is 0 Å². The van der Waals surface area contributed by atoms with E-state index in [0.717, 1.165) is 44.8 Å². The molecule has 0 aliphatic carbocycles. The largest absolute Gasteiger partial charge is 0.344 e. The third-order valence-electron chi connectivity index (χ3n) is 9.77. The fourth-order valence-electron chi connectivity index (χ4n) is 7.47. The Labute approximate surface area is 289 Å². The van der Waals surface area contributed by atoms with Crippen LogP contribution in [0, 0.1) is 0 Å². The maximum Gasteiger partial charge on any atom is 0.234 e. The zero-order valence-corrected chi connectivity index (χ0v) is 27.1. The molecule has 1 atom stereocenters. The van der Waals surface area contributed by atoms with Gasteiger partial charge < -0.3 is 9.88 Å². The number of benzene rings is 7. The molecule has 1 N–H and O–H groups in total. The molecule has 2 aromatic heterocycles. The molecule has 50 heavy (non-hydrogen) atoms. The summed E-state index contributed by atoms with van der Waals surface area (Å²) in [6.45, 7) is 0. The SMILES string of the molecule is c1ccc(C2=NC(n3c4ccccc4c4cc5c6ccccc6n(-c6ccccc6)c5cc43)=NC(c3cccc(-c4ccccc4)c3)N2)cc1. The molecule has 1 aliphatic heterocycles. The summed E-state index contributed by atoms with van der Waals surface area (Å²) < 4.78 is 4.61. The van der Waals surface area contributed by atoms with Gasteiger partial charge in [0.15, 0.2) is 0 Å². The van der Waals surface area contributed by atoms with Crippen LogP contribution in [0.2, 0.25) is 0 Å². The zero-order valence-electron chi connectivity index (χ0n) is 27.1. The summed E-state index contributed by atoms with van der Waals surface area (Å²) in [4.78, 5) is 10.6. The van der Waals surface area contributed by atoms with Crippen molar-refractivity contribution in [2.45, 2.75) is 6.17 Å². The van der Waals surface area contributed by atoms with E-state index < -0.39 is 0 Å². The normalized spacial score (nSPS) is 14.6. The van der Waals surface area contributed by atoms with Gasteiger partial charge in [-0.1, -0.05) is 133 Å². The second kappa shape index (κ2) is 11.5. The van der Waals surface area contributed by atoms with Gasteiger partial charge in [-0.05, 0) is 59.2 Å². The van der Waals surface area contributed by atoms with Crippen LogP contribution >= 0.6 is 0 Å². The first-order chi connectivity index (χ1) is 24.8. The van der Waals surface area contributed by atoms with Crippen LogP contribution in [0.1, 0.15) is 17.3 Å². The predicted octanol–water partition coefficient (Wildman–Crippen LogP) is 10.5. The molecule has 0 bridgehead atoms. The van der Waals surface area contributed by atoms with E-state index in [4.69, 9.17) is 9.98 Å². The predicted molar refractivity (Wildman–Crippen MR) is 207 cm³/mol.